The van der Waals surface area contributed by atoms with Gasteiger partial charge in [0.1, 0.15) is 0 Å². The van der Waals surface area contributed by atoms with E-state index >= 15 is 0 Å². The lowest BCUT2D eigenvalue weighted by Gasteiger charge is -2.26. The highest BCUT2D eigenvalue weighted by atomic mass is 35.5. The van der Waals surface area contributed by atoms with Gasteiger partial charge in [-0.25, -0.2) is 8.42 Å². The van der Waals surface area contributed by atoms with Crippen LogP contribution < -0.4 is 0 Å². The molecule has 1 aromatic rings. The summed E-state index contributed by atoms with van der Waals surface area (Å²) in [6, 6.07) is 7.18. The first kappa shape index (κ1) is 11.0. The van der Waals surface area contributed by atoms with Crippen LogP contribution in [0.1, 0.15) is 24.8 Å². The zero-order chi connectivity index (χ0) is 11.1. The molecule has 0 bridgehead atoms. The summed E-state index contributed by atoms with van der Waals surface area (Å²) in [6.45, 7) is 1.92. The fraction of sp³-hybridized carbons (Fsp3) is 0.455. The van der Waals surface area contributed by atoms with Gasteiger partial charge in [-0.15, -0.1) is 11.6 Å². The average Bonchev–Trinajstić information content (AvgIpc) is 2.17. The molecule has 1 heterocycles. The molecule has 15 heavy (non-hydrogen) atoms. The lowest BCUT2D eigenvalue weighted by atomic mass is 9.93. The van der Waals surface area contributed by atoms with Crippen molar-refractivity contribution >= 4 is 21.4 Å². The van der Waals surface area contributed by atoms with Crippen molar-refractivity contribution in [2.75, 3.05) is 5.75 Å². The first-order valence-electron chi connectivity index (χ1n) is 4.98. The van der Waals surface area contributed by atoms with Gasteiger partial charge in [0, 0.05) is 11.3 Å². The number of hydrogen-bond donors (Lipinski definition) is 0. The van der Waals surface area contributed by atoms with Crippen molar-refractivity contribution < 1.29 is 8.42 Å². The lowest BCUT2D eigenvalue weighted by Crippen LogP contribution is -2.24. The number of hydrogen-bond acceptors (Lipinski definition) is 2. The summed E-state index contributed by atoms with van der Waals surface area (Å²) < 4.78 is 23.6. The fourth-order valence-electron chi connectivity index (χ4n) is 2.09. The van der Waals surface area contributed by atoms with Gasteiger partial charge in [0.25, 0.3) is 0 Å². The first-order valence-corrected chi connectivity index (χ1v) is 7.07. The summed E-state index contributed by atoms with van der Waals surface area (Å²) in [5.41, 5.74) is 0.881. The van der Waals surface area contributed by atoms with E-state index in [0.717, 1.165) is 5.56 Å². The molecule has 1 aliphatic rings. The van der Waals surface area contributed by atoms with Crippen LogP contribution in [0.4, 0.5) is 0 Å². The van der Waals surface area contributed by atoms with Crippen molar-refractivity contribution in [3.63, 3.8) is 0 Å². The maximum atomic E-state index is 11.8. The zero-order valence-corrected chi connectivity index (χ0v) is 10.1. The fourth-order valence-corrected chi connectivity index (χ4v) is 4.01. The smallest absolute Gasteiger partial charge is 0.178 e. The van der Waals surface area contributed by atoms with Gasteiger partial charge in [0.15, 0.2) is 9.84 Å². The van der Waals surface area contributed by atoms with Crippen molar-refractivity contribution in [3.8, 4) is 0 Å². The number of alkyl halides is 1. The SMILES string of the molecule is CC(Cl)C1CCS(=O)(=O)c2ccccc21. The second-order valence-electron chi connectivity index (χ2n) is 3.93. The van der Waals surface area contributed by atoms with Crippen LogP contribution >= 0.6 is 11.6 Å². The Morgan fingerprint density at radius 2 is 2.07 bits per heavy atom. The molecule has 0 saturated heterocycles. The molecule has 1 aromatic carbocycles. The standard InChI is InChI=1S/C11H13ClO2S/c1-8(12)9-6-7-15(13,14)11-5-3-2-4-10(9)11/h2-5,8-9H,6-7H2,1H3. The van der Waals surface area contributed by atoms with Crippen molar-refractivity contribution in [1.29, 1.82) is 0 Å². The van der Waals surface area contributed by atoms with Crippen LogP contribution in [0.3, 0.4) is 0 Å². The molecule has 82 valence electrons. The molecule has 0 aromatic heterocycles. The average molecular weight is 245 g/mol. The van der Waals surface area contributed by atoms with Crippen molar-refractivity contribution in [1.82, 2.24) is 0 Å². The van der Waals surface area contributed by atoms with Crippen LogP contribution in [0.25, 0.3) is 0 Å². The van der Waals surface area contributed by atoms with E-state index in [1.54, 1.807) is 12.1 Å². The predicted molar refractivity (Wildman–Crippen MR) is 61.2 cm³/mol. The van der Waals surface area contributed by atoms with Gasteiger partial charge in [-0.1, -0.05) is 18.2 Å². The molecule has 0 N–H and O–H groups in total. The predicted octanol–water partition coefficient (Wildman–Crippen LogP) is 2.57. The molecule has 0 spiro atoms. The first-order chi connectivity index (χ1) is 7.02. The van der Waals surface area contributed by atoms with Crippen LogP contribution in [0.2, 0.25) is 0 Å². The van der Waals surface area contributed by atoms with Crippen LogP contribution in [0, 0.1) is 0 Å². The highest BCUT2D eigenvalue weighted by Gasteiger charge is 2.31. The van der Waals surface area contributed by atoms with E-state index in [2.05, 4.69) is 0 Å². The second kappa shape index (κ2) is 3.80. The third-order valence-corrected chi connectivity index (χ3v) is 5.02. The molecule has 0 fully saturated rings. The van der Waals surface area contributed by atoms with Crippen molar-refractivity contribution in [3.05, 3.63) is 29.8 Å². The van der Waals surface area contributed by atoms with Crippen LogP contribution in [0.5, 0.6) is 0 Å². The van der Waals surface area contributed by atoms with Crippen molar-refractivity contribution in [2.24, 2.45) is 0 Å². The number of rotatable bonds is 1. The summed E-state index contributed by atoms with van der Waals surface area (Å²) in [7, 11) is -3.07. The third-order valence-electron chi connectivity index (χ3n) is 2.91. The lowest BCUT2D eigenvalue weighted by molar-refractivity contribution is 0.560. The monoisotopic (exact) mass is 244 g/mol. The van der Waals surface area contributed by atoms with E-state index < -0.39 is 9.84 Å². The minimum Gasteiger partial charge on any atom is -0.224 e. The van der Waals surface area contributed by atoms with Crippen LogP contribution in [0.15, 0.2) is 29.2 Å². The number of fused-ring (bicyclic) bond motifs is 1. The zero-order valence-electron chi connectivity index (χ0n) is 8.48. The minimum atomic E-state index is -3.07. The summed E-state index contributed by atoms with van der Waals surface area (Å²) in [6.07, 6.45) is 0.629. The van der Waals surface area contributed by atoms with E-state index in [1.165, 1.54) is 0 Å². The summed E-state index contributed by atoms with van der Waals surface area (Å²) in [4.78, 5) is 0.466. The Kier molecular flexibility index (Phi) is 2.77. The van der Waals surface area contributed by atoms with Gasteiger partial charge >= 0.3 is 0 Å². The maximum absolute atomic E-state index is 11.8. The molecule has 2 rings (SSSR count). The van der Waals surface area contributed by atoms with Gasteiger partial charge in [-0.05, 0) is 25.0 Å². The highest BCUT2D eigenvalue weighted by molar-refractivity contribution is 7.91. The molecule has 4 heteroatoms. The molecule has 0 saturated carbocycles. The quantitative estimate of drug-likeness (QED) is 0.712. The molecule has 0 radical (unpaired) electrons. The van der Waals surface area contributed by atoms with Gasteiger partial charge in [0.2, 0.25) is 0 Å². The second-order valence-corrected chi connectivity index (χ2v) is 6.70. The Bertz CT molecular complexity index is 465. The molecule has 2 atom stereocenters. The van der Waals surface area contributed by atoms with Crippen molar-refractivity contribution in [2.45, 2.75) is 29.5 Å². The minimum absolute atomic E-state index is 0.0262. The molecule has 2 unspecified atom stereocenters. The van der Waals surface area contributed by atoms with E-state index in [9.17, 15) is 8.42 Å². The maximum Gasteiger partial charge on any atom is 0.178 e. The van der Waals surface area contributed by atoms with Gasteiger partial charge in [-0.2, -0.15) is 0 Å². The summed E-state index contributed by atoms with van der Waals surface area (Å²) >= 11 is 6.08. The molecule has 0 amide bonds. The Balaban J connectivity index is 2.59. The normalized spacial score (nSPS) is 25.6. The van der Waals surface area contributed by atoms with Gasteiger partial charge in [-0.3, -0.25) is 0 Å². The number of halogens is 1. The van der Waals surface area contributed by atoms with Gasteiger partial charge < -0.3 is 0 Å². The Hall–Kier alpha value is -0.540. The summed E-state index contributed by atoms with van der Waals surface area (Å²) in [5, 5.41) is -0.0262. The Morgan fingerprint density at radius 1 is 1.40 bits per heavy atom. The molecule has 0 aliphatic carbocycles. The van der Waals surface area contributed by atoms with Crippen LogP contribution in [-0.2, 0) is 9.84 Å². The van der Waals surface area contributed by atoms with E-state index in [4.69, 9.17) is 11.6 Å². The number of benzene rings is 1. The Morgan fingerprint density at radius 3 is 2.73 bits per heavy atom. The van der Waals surface area contributed by atoms with Gasteiger partial charge in [0.05, 0.1) is 10.6 Å². The largest absolute Gasteiger partial charge is 0.224 e. The topological polar surface area (TPSA) is 34.1 Å². The molecule has 2 nitrogen and oxygen atoms in total. The van der Waals surface area contributed by atoms with E-state index in [0.29, 0.717) is 11.3 Å². The third kappa shape index (κ3) is 1.91. The highest BCUT2D eigenvalue weighted by Crippen LogP contribution is 2.37. The molecular formula is C11H13ClO2S. The van der Waals surface area contributed by atoms with E-state index in [1.807, 2.05) is 19.1 Å². The Labute approximate surface area is 95.2 Å². The summed E-state index contributed by atoms with van der Waals surface area (Å²) in [5.74, 6) is 0.373. The van der Waals surface area contributed by atoms with E-state index in [-0.39, 0.29) is 17.0 Å². The molecular weight excluding hydrogens is 232 g/mol. The van der Waals surface area contributed by atoms with Crippen LogP contribution in [-0.4, -0.2) is 19.5 Å². The number of sulfone groups is 1. The molecule has 1 aliphatic heterocycles.